The van der Waals surface area contributed by atoms with Crippen molar-refractivity contribution in [2.45, 2.75) is 10.4 Å². The Morgan fingerprint density at radius 3 is 2.17 bits per heavy atom. The van der Waals surface area contributed by atoms with Gasteiger partial charge in [0.2, 0.25) is 10.0 Å². The lowest BCUT2D eigenvalue weighted by Gasteiger charge is -2.28. The van der Waals surface area contributed by atoms with E-state index in [1.165, 1.54) is 12.1 Å². The molecule has 0 unspecified atom stereocenters. The molecule has 1 rings (SSSR count). The van der Waals surface area contributed by atoms with E-state index >= 15 is 0 Å². The fourth-order valence-corrected chi connectivity index (χ4v) is 2.46. The van der Waals surface area contributed by atoms with E-state index in [0.717, 1.165) is 6.20 Å². The van der Waals surface area contributed by atoms with Crippen molar-refractivity contribution in [3.63, 3.8) is 0 Å². The number of rotatable bonds is 6. The molecule has 18 heavy (non-hydrogen) atoms. The minimum absolute atomic E-state index is 0.159. The number of aliphatic hydroxyl groups excluding tert-OH is 3. The molecule has 0 bridgehead atoms. The van der Waals surface area contributed by atoms with Crippen LogP contribution < -0.4 is 10.5 Å². The number of nitrogens with one attached hydrogen (secondary N) is 1. The summed E-state index contributed by atoms with van der Waals surface area (Å²) in [5, 5.41) is 27.1. The summed E-state index contributed by atoms with van der Waals surface area (Å²) in [5.74, 6) is 0.159. The predicted molar refractivity (Wildman–Crippen MR) is 63.0 cm³/mol. The van der Waals surface area contributed by atoms with Gasteiger partial charge in [-0.2, -0.15) is 4.72 Å². The van der Waals surface area contributed by atoms with Crippen LogP contribution in [0.15, 0.2) is 23.2 Å². The van der Waals surface area contributed by atoms with Gasteiger partial charge in [0.25, 0.3) is 0 Å². The zero-order valence-electron chi connectivity index (χ0n) is 9.44. The SMILES string of the molecule is Nc1ccc(S(=O)(=O)NC(CO)(CO)CO)cn1. The molecule has 0 atom stereocenters. The van der Waals surface area contributed by atoms with E-state index < -0.39 is 35.4 Å². The molecule has 0 aromatic carbocycles. The van der Waals surface area contributed by atoms with Crippen LogP contribution in [-0.4, -0.2) is 54.1 Å². The van der Waals surface area contributed by atoms with Crippen molar-refractivity contribution in [3.05, 3.63) is 18.3 Å². The zero-order chi connectivity index (χ0) is 13.8. The van der Waals surface area contributed by atoms with E-state index in [0.29, 0.717) is 0 Å². The first kappa shape index (κ1) is 14.8. The number of sulfonamides is 1. The van der Waals surface area contributed by atoms with Gasteiger partial charge >= 0.3 is 0 Å². The van der Waals surface area contributed by atoms with Crippen LogP contribution in [0.25, 0.3) is 0 Å². The molecule has 1 aromatic rings. The number of nitrogens with two attached hydrogens (primary N) is 1. The second-order valence-corrected chi connectivity index (χ2v) is 5.46. The summed E-state index contributed by atoms with van der Waals surface area (Å²) in [6, 6.07) is 2.52. The number of hydrogen-bond acceptors (Lipinski definition) is 7. The van der Waals surface area contributed by atoms with Crippen LogP contribution in [0.5, 0.6) is 0 Å². The summed E-state index contributed by atoms with van der Waals surface area (Å²) in [5.41, 5.74) is 3.61. The summed E-state index contributed by atoms with van der Waals surface area (Å²) in [4.78, 5) is 3.44. The molecule has 0 aliphatic heterocycles. The van der Waals surface area contributed by atoms with Crippen LogP contribution in [0.1, 0.15) is 0 Å². The topological polar surface area (TPSA) is 146 Å². The molecule has 0 spiro atoms. The van der Waals surface area contributed by atoms with Gasteiger partial charge < -0.3 is 21.1 Å². The van der Waals surface area contributed by atoms with Gasteiger partial charge in [0, 0.05) is 6.20 Å². The van der Waals surface area contributed by atoms with E-state index in [9.17, 15) is 8.42 Å². The molecule has 0 amide bonds. The van der Waals surface area contributed by atoms with Gasteiger partial charge in [-0.15, -0.1) is 0 Å². The second-order valence-electron chi connectivity index (χ2n) is 3.78. The number of anilines is 1. The molecule has 0 fully saturated rings. The van der Waals surface area contributed by atoms with Gasteiger partial charge in [0.1, 0.15) is 16.3 Å². The lowest BCUT2D eigenvalue weighted by molar-refractivity contribution is 0.0582. The maximum absolute atomic E-state index is 11.9. The molecule has 0 aliphatic rings. The second kappa shape index (κ2) is 5.59. The van der Waals surface area contributed by atoms with Crippen molar-refractivity contribution in [3.8, 4) is 0 Å². The molecule has 1 heterocycles. The van der Waals surface area contributed by atoms with Gasteiger partial charge in [0.15, 0.2) is 0 Å². The molecule has 102 valence electrons. The third kappa shape index (κ3) is 3.15. The average Bonchev–Trinajstić information content (AvgIpc) is 2.37. The highest BCUT2D eigenvalue weighted by molar-refractivity contribution is 7.89. The van der Waals surface area contributed by atoms with E-state index in [1.54, 1.807) is 0 Å². The quantitative estimate of drug-likeness (QED) is 0.391. The fourth-order valence-electron chi connectivity index (χ4n) is 1.14. The third-order valence-electron chi connectivity index (χ3n) is 2.33. The van der Waals surface area contributed by atoms with Crippen LogP contribution in [-0.2, 0) is 10.0 Å². The summed E-state index contributed by atoms with van der Waals surface area (Å²) in [7, 11) is -4.02. The molecule has 0 aliphatic carbocycles. The lowest BCUT2D eigenvalue weighted by Crippen LogP contribution is -2.56. The van der Waals surface area contributed by atoms with Crippen molar-refractivity contribution in [1.29, 1.82) is 0 Å². The van der Waals surface area contributed by atoms with Crippen molar-refractivity contribution in [2.75, 3.05) is 25.6 Å². The Morgan fingerprint density at radius 1 is 1.22 bits per heavy atom. The van der Waals surface area contributed by atoms with Crippen LogP contribution in [0.2, 0.25) is 0 Å². The summed E-state index contributed by atoms with van der Waals surface area (Å²) in [6.45, 7) is -2.25. The van der Waals surface area contributed by atoms with E-state index in [4.69, 9.17) is 21.1 Å². The number of aliphatic hydroxyl groups is 3. The highest BCUT2D eigenvalue weighted by atomic mass is 32.2. The first-order valence-corrected chi connectivity index (χ1v) is 6.45. The minimum Gasteiger partial charge on any atom is -0.394 e. The van der Waals surface area contributed by atoms with Gasteiger partial charge in [-0.25, -0.2) is 13.4 Å². The lowest BCUT2D eigenvalue weighted by atomic mass is 10.1. The summed E-state index contributed by atoms with van der Waals surface area (Å²) < 4.78 is 25.9. The Bertz CT molecular complexity index is 475. The van der Waals surface area contributed by atoms with Crippen LogP contribution in [0.4, 0.5) is 5.82 Å². The number of nitrogens with zero attached hydrogens (tertiary/aromatic N) is 1. The standard InChI is InChI=1S/C9H15N3O5S/c10-8-2-1-7(3-11-8)18(16,17)12-9(4-13,5-14)6-15/h1-3,12-15H,4-6H2,(H2,10,11). The van der Waals surface area contributed by atoms with Crippen molar-refractivity contribution < 1.29 is 23.7 Å². The Labute approximate surface area is 104 Å². The number of hydrogen-bond donors (Lipinski definition) is 5. The largest absolute Gasteiger partial charge is 0.394 e. The average molecular weight is 277 g/mol. The molecular formula is C9H15N3O5S. The minimum atomic E-state index is -4.02. The van der Waals surface area contributed by atoms with Crippen molar-refractivity contribution in [2.24, 2.45) is 0 Å². The Kier molecular flexibility index (Phi) is 4.59. The van der Waals surface area contributed by atoms with Gasteiger partial charge in [-0.3, -0.25) is 0 Å². The molecular weight excluding hydrogens is 262 g/mol. The van der Waals surface area contributed by atoms with Crippen LogP contribution in [0.3, 0.4) is 0 Å². The van der Waals surface area contributed by atoms with Crippen molar-refractivity contribution >= 4 is 15.8 Å². The van der Waals surface area contributed by atoms with E-state index in [-0.39, 0.29) is 10.7 Å². The fraction of sp³-hybridized carbons (Fsp3) is 0.444. The molecule has 9 heteroatoms. The zero-order valence-corrected chi connectivity index (χ0v) is 10.3. The molecule has 0 saturated carbocycles. The monoisotopic (exact) mass is 277 g/mol. The number of pyridine rings is 1. The van der Waals surface area contributed by atoms with E-state index in [1.807, 2.05) is 4.72 Å². The van der Waals surface area contributed by atoms with Gasteiger partial charge in [0.05, 0.1) is 19.8 Å². The maximum atomic E-state index is 11.9. The Balaban J connectivity index is 3.04. The molecule has 8 nitrogen and oxygen atoms in total. The van der Waals surface area contributed by atoms with Crippen molar-refractivity contribution in [1.82, 2.24) is 9.71 Å². The molecule has 0 saturated heterocycles. The molecule has 0 radical (unpaired) electrons. The maximum Gasteiger partial charge on any atom is 0.242 e. The smallest absolute Gasteiger partial charge is 0.242 e. The van der Waals surface area contributed by atoms with Gasteiger partial charge in [-0.1, -0.05) is 0 Å². The van der Waals surface area contributed by atoms with Crippen LogP contribution in [0, 0.1) is 0 Å². The first-order chi connectivity index (χ1) is 8.39. The van der Waals surface area contributed by atoms with Crippen LogP contribution >= 0.6 is 0 Å². The Hall–Kier alpha value is -1.26. The highest BCUT2D eigenvalue weighted by Crippen LogP contribution is 2.13. The normalized spacial score (nSPS) is 12.6. The number of nitrogen functional groups attached to an aromatic ring is 1. The highest BCUT2D eigenvalue weighted by Gasteiger charge is 2.33. The van der Waals surface area contributed by atoms with E-state index in [2.05, 4.69) is 4.98 Å². The van der Waals surface area contributed by atoms with Gasteiger partial charge in [-0.05, 0) is 12.1 Å². The summed E-state index contributed by atoms with van der Waals surface area (Å²) >= 11 is 0. The molecule has 6 N–H and O–H groups in total. The third-order valence-corrected chi connectivity index (χ3v) is 3.89. The number of aromatic nitrogens is 1. The molecule has 1 aromatic heterocycles. The first-order valence-electron chi connectivity index (χ1n) is 4.97. The summed E-state index contributed by atoms with van der Waals surface area (Å²) in [6.07, 6.45) is 1.04. The predicted octanol–water partition coefficient (Wildman–Crippen LogP) is -2.34. The Morgan fingerprint density at radius 2 is 1.78 bits per heavy atom.